The fourth-order valence-electron chi connectivity index (χ4n) is 2.95. The Balaban J connectivity index is 0.00000200. The molecule has 0 aromatic heterocycles. The van der Waals surface area contributed by atoms with Gasteiger partial charge < -0.3 is 10.1 Å². The topological polar surface area (TPSA) is 24.5 Å². The third kappa shape index (κ3) is 5.33. The lowest BCUT2D eigenvalue weighted by Crippen LogP contribution is -2.45. The van der Waals surface area contributed by atoms with Crippen LogP contribution in [0.15, 0.2) is 18.2 Å². The number of benzene rings is 1. The van der Waals surface area contributed by atoms with Crippen LogP contribution >= 0.6 is 24.8 Å². The fourth-order valence-corrected chi connectivity index (χ4v) is 2.95. The molecule has 5 heteroatoms. The molecule has 1 atom stereocenters. The summed E-state index contributed by atoms with van der Waals surface area (Å²) in [4.78, 5) is 2.62. The number of hydrogen-bond donors (Lipinski definition) is 1. The maximum atomic E-state index is 5.31. The molecule has 122 valence electrons. The van der Waals surface area contributed by atoms with Gasteiger partial charge in [-0.2, -0.15) is 0 Å². The van der Waals surface area contributed by atoms with E-state index >= 15 is 0 Å². The highest BCUT2D eigenvalue weighted by Gasteiger charge is 2.22. The molecule has 1 heterocycles. The van der Waals surface area contributed by atoms with Crippen LogP contribution in [-0.2, 0) is 0 Å². The molecular formula is C16H28Cl2N2O. The van der Waals surface area contributed by atoms with Crippen molar-refractivity contribution in [1.82, 2.24) is 10.2 Å². The molecule has 2 rings (SSSR count). The fraction of sp³-hybridized carbons (Fsp3) is 0.625. The minimum absolute atomic E-state index is 0. The van der Waals surface area contributed by atoms with Gasteiger partial charge >= 0.3 is 0 Å². The minimum Gasteiger partial charge on any atom is -0.497 e. The van der Waals surface area contributed by atoms with E-state index in [1.807, 2.05) is 0 Å². The van der Waals surface area contributed by atoms with E-state index in [9.17, 15) is 0 Å². The molecule has 0 amide bonds. The van der Waals surface area contributed by atoms with Crippen molar-refractivity contribution in [1.29, 1.82) is 0 Å². The second kappa shape index (κ2) is 10.3. The summed E-state index contributed by atoms with van der Waals surface area (Å²) in [5, 5.41) is 3.43. The zero-order chi connectivity index (χ0) is 13.7. The Labute approximate surface area is 141 Å². The highest BCUT2D eigenvalue weighted by atomic mass is 35.5. The Bertz CT molecular complexity index is 409. The van der Waals surface area contributed by atoms with E-state index in [0.29, 0.717) is 6.04 Å². The maximum absolute atomic E-state index is 5.31. The molecule has 0 unspecified atom stereocenters. The molecule has 0 bridgehead atoms. The first kappa shape index (κ1) is 20.5. The Morgan fingerprint density at radius 3 is 2.43 bits per heavy atom. The van der Waals surface area contributed by atoms with Crippen molar-refractivity contribution >= 4 is 24.8 Å². The number of halogens is 2. The number of piperazine rings is 1. The number of methoxy groups -OCH3 is 1. The van der Waals surface area contributed by atoms with E-state index in [2.05, 4.69) is 42.3 Å². The van der Waals surface area contributed by atoms with Gasteiger partial charge in [0.05, 0.1) is 7.11 Å². The predicted molar refractivity (Wildman–Crippen MR) is 94.3 cm³/mol. The lowest BCUT2D eigenvalue weighted by Gasteiger charge is -2.36. The molecule has 0 saturated carbocycles. The van der Waals surface area contributed by atoms with Crippen molar-refractivity contribution < 1.29 is 4.74 Å². The number of nitrogens with zero attached hydrogens (tertiary/aromatic N) is 1. The van der Waals surface area contributed by atoms with Crippen LogP contribution in [0.4, 0.5) is 0 Å². The average molecular weight is 335 g/mol. The van der Waals surface area contributed by atoms with Crippen molar-refractivity contribution in [3.8, 4) is 5.75 Å². The largest absolute Gasteiger partial charge is 0.497 e. The van der Waals surface area contributed by atoms with Gasteiger partial charge in [0.15, 0.2) is 0 Å². The molecule has 1 saturated heterocycles. The van der Waals surface area contributed by atoms with Crippen LogP contribution < -0.4 is 10.1 Å². The minimum atomic E-state index is 0. The van der Waals surface area contributed by atoms with E-state index in [-0.39, 0.29) is 24.8 Å². The van der Waals surface area contributed by atoms with Crippen LogP contribution in [0.1, 0.15) is 36.9 Å². The smallest absolute Gasteiger partial charge is 0.119 e. The molecule has 1 fully saturated rings. The molecule has 1 aromatic rings. The predicted octanol–water partition coefficient (Wildman–Crippen LogP) is 3.59. The number of hydrogen-bond acceptors (Lipinski definition) is 3. The number of nitrogens with one attached hydrogen (secondary N) is 1. The molecule has 1 N–H and O–H groups in total. The van der Waals surface area contributed by atoms with Gasteiger partial charge in [0.2, 0.25) is 0 Å². The van der Waals surface area contributed by atoms with Gasteiger partial charge in [0.1, 0.15) is 5.75 Å². The summed E-state index contributed by atoms with van der Waals surface area (Å²) >= 11 is 0. The summed E-state index contributed by atoms with van der Waals surface area (Å²) in [6.07, 6.45) is 2.45. The van der Waals surface area contributed by atoms with Crippen molar-refractivity contribution in [2.45, 2.75) is 32.7 Å². The molecule has 1 aromatic carbocycles. The third-order valence-corrected chi connectivity index (χ3v) is 3.99. The van der Waals surface area contributed by atoms with Gasteiger partial charge in [-0.15, -0.1) is 24.8 Å². The van der Waals surface area contributed by atoms with Crippen LogP contribution in [0, 0.1) is 6.92 Å². The Kier molecular flexibility index (Phi) is 10.0. The SMILES string of the molecule is CCC[C@H](c1ccc(OC)cc1C)N1CCNCC1.Cl.Cl. The normalized spacial score (nSPS) is 16.5. The zero-order valence-electron chi connectivity index (χ0n) is 13.2. The Hall–Kier alpha value is -0.480. The summed E-state index contributed by atoms with van der Waals surface area (Å²) in [7, 11) is 1.73. The first-order valence-corrected chi connectivity index (χ1v) is 7.35. The molecular weight excluding hydrogens is 307 g/mol. The monoisotopic (exact) mass is 334 g/mol. The summed E-state index contributed by atoms with van der Waals surface area (Å²) in [6, 6.07) is 7.04. The van der Waals surface area contributed by atoms with Gasteiger partial charge in [-0.05, 0) is 36.6 Å². The number of ether oxygens (including phenoxy) is 1. The van der Waals surface area contributed by atoms with Crippen LogP contribution in [0.5, 0.6) is 5.75 Å². The summed E-state index contributed by atoms with van der Waals surface area (Å²) in [5.74, 6) is 0.955. The molecule has 3 nitrogen and oxygen atoms in total. The summed E-state index contributed by atoms with van der Waals surface area (Å²) in [5.41, 5.74) is 2.81. The van der Waals surface area contributed by atoms with E-state index in [4.69, 9.17) is 4.74 Å². The average Bonchev–Trinajstić information content (AvgIpc) is 2.46. The first-order valence-electron chi connectivity index (χ1n) is 7.35. The molecule has 0 radical (unpaired) electrons. The molecule has 0 spiro atoms. The summed E-state index contributed by atoms with van der Waals surface area (Å²) in [6.45, 7) is 8.98. The lowest BCUT2D eigenvalue weighted by atomic mass is 9.95. The van der Waals surface area contributed by atoms with Crippen molar-refractivity contribution in [2.75, 3.05) is 33.3 Å². The molecule has 21 heavy (non-hydrogen) atoms. The van der Waals surface area contributed by atoms with Crippen LogP contribution in [-0.4, -0.2) is 38.2 Å². The second-order valence-electron chi connectivity index (χ2n) is 5.31. The highest BCUT2D eigenvalue weighted by molar-refractivity contribution is 5.85. The van der Waals surface area contributed by atoms with Crippen LogP contribution in [0.25, 0.3) is 0 Å². The zero-order valence-corrected chi connectivity index (χ0v) is 14.9. The first-order chi connectivity index (χ1) is 9.26. The standard InChI is InChI=1S/C16H26N2O.2ClH/c1-4-5-16(18-10-8-17-9-11-18)15-7-6-14(19-3)12-13(15)2;;/h6-7,12,16-17H,4-5,8-11H2,1-3H3;2*1H/t16-;;/m1../s1. The van der Waals surface area contributed by atoms with Gasteiger partial charge in [0, 0.05) is 32.2 Å². The second-order valence-corrected chi connectivity index (χ2v) is 5.31. The van der Waals surface area contributed by atoms with Gasteiger partial charge in [-0.1, -0.05) is 19.4 Å². The van der Waals surface area contributed by atoms with E-state index in [1.165, 1.54) is 24.0 Å². The lowest BCUT2D eigenvalue weighted by molar-refractivity contribution is 0.164. The van der Waals surface area contributed by atoms with Crippen molar-refractivity contribution in [3.05, 3.63) is 29.3 Å². The number of rotatable bonds is 5. The summed E-state index contributed by atoms with van der Waals surface area (Å²) < 4.78 is 5.31. The number of aryl methyl sites for hydroxylation is 1. The Morgan fingerprint density at radius 1 is 1.24 bits per heavy atom. The maximum Gasteiger partial charge on any atom is 0.119 e. The Morgan fingerprint density at radius 2 is 1.90 bits per heavy atom. The highest BCUT2D eigenvalue weighted by Crippen LogP contribution is 2.30. The molecule has 1 aliphatic rings. The van der Waals surface area contributed by atoms with E-state index in [1.54, 1.807) is 7.11 Å². The van der Waals surface area contributed by atoms with Crippen LogP contribution in [0.2, 0.25) is 0 Å². The molecule has 1 aliphatic heterocycles. The van der Waals surface area contributed by atoms with Gasteiger partial charge in [-0.3, -0.25) is 4.90 Å². The quantitative estimate of drug-likeness (QED) is 0.890. The van der Waals surface area contributed by atoms with Gasteiger partial charge in [0.25, 0.3) is 0 Å². The van der Waals surface area contributed by atoms with Gasteiger partial charge in [-0.25, -0.2) is 0 Å². The third-order valence-electron chi connectivity index (χ3n) is 3.99. The van der Waals surface area contributed by atoms with E-state index in [0.717, 1.165) is 31.9 Å². The van der Waals surface area contributed by atoms with Crippen molar-refractivity contribution in [2.24, 2.45) is 0 Å². The van der Waals surface area contributed by atoms with Crippen LogP contribution in [0.3, 0.4) is 0 Å². The van der Waals surface area contributed by atoms with E-state index < -0.39 is 0 Å². The van der Waals surface area contributed by atoms with Crippen molar-refractivity contribution in [3.63, 3.8) is 0 Å². The molecule has 0 aliphatic carbocycles.